The predicted octanol–water partition coefficient (Wildman–Crippen LogP) is 2.55. The van der Waals surface area contributed by atoms with Crippen molar-refractivity contribution in [2.75, 3.05) is 16.8 Å². The van der Waals surface area contributed by atoms with Crippen LogP contribution in [0.25, 0.3) is 0 Å². The number of thiophene rings is 1. The van der Waals surface area contributed by atoms with Crippen LogP contribution in [0.3, 0.4) is 0 Å². The van der Waals surface area contributed by atoms with E-state index in [1.807, 2.05) is 0 Å². The van der Waals surface area contributed by atoms with Crippen molar-refractivity contribution in [2.24, 2.45) is 0 Å². The van der Waals surface area contributed by atoms with E-state index in [0.29, 0.717) is 10.6 Å². The van der Waals surface area contributed by atoms with Crippen molar-refractivity contribution in [3.63, 3.8) is 0 Å². The first-order valence-electron chi connectivity index (χ1n) is 9.37. The molecule has 0 aromatic carbocycles. The number of carbonyl (C=O) groups excluding carboxylic acids is 2. The number of fused-ring (bicyclic) bond motifs is 2. The van der Waals surface area contributed by atoms with Crippen molar-refractivity contribution in [2.45, 2.75) is 38.7 Å². The number of nitrogens with one attached hydrogen (secondary N) is 1. The molecule has 30 heavy (non-hydrogen) atoms. The van der Waals surface area contributed by atoms with Crippen LogP contribution in [0.2, 0.25) is 0 Å². The van der Waals surface area contributed by atoms with E-state index in [-0.39, 0.29) is 11.6 Å². The number of nitriles is 1. The number of hydrogen-bond donors (Lipinski definition) is 1. The number of nitro groups is 1. The van der Waals surface area contributed by atoms with E-state index in [2.05, 4.69) is 16.4 Å². The molecule has 2 aliphatic rings. The molecule has 1 aliphatic carbocycles. The third-order valence-corrected chi connectivity index (χ3v) is 6.23. The van der Waals surface area contributed by atoms with Crippen LogP contribution in [0.5, 0.6) is 5.75 Å². The van der Waals surface area contributed by atoms with Crippen LogP contribution in [0.1, 0.15) is 35.8 Å². The van der Waals surface area contributed by atoms with Gasteiger partial charge in [-0.15, -0.1) is 11.3 Å². The van der Waals surface area contributed by atoms with Crippen LogP contribution in [0, 0.1) is 21.4 Å². The summed E-state index contributed by atoms with van der Waals surface area (Å²) in [7, 11) is 0. The van der Waals surface area contributed by atoms with Crippen molar-refractivity contribution in [3.05, 3.63) is 38.3 Å². The monoisotopic (exact) mass is 427 g/mol. The van der Waals surface area contributed by atoms with E-state index < -0.39 is 35.2 Å². The predicted molar refractivity (Wildman–Crippen MR) is 108 cm³/mol. The van der Waals surface area contributed by atoms with Gasteiger partial charge in [0.2, 0.25) is 5.91 Å². The van der Waals surface area contributed by atoms with Gasteiger partial charge in [0.25, 0.3) is 11.7 Å². The molecule has 4 rings (SSSR count). The van der Waals surface area contributed by atoms with Gasteiger partial charge in [-0.25, -0.2) is 0 Å². The highest BCUT2D eigenvalue weighted by molar-refractivity contribution is 7.16. The Balaban J connectivity index is 1.60. The first kappa shape index (κ1) is 19.8. The standard InChI is InChI=1S/C19H17N5O5S/c1-10-19(26)23(17-13(29-10)6-7-15(21-17)24(27)28)9-16(25)22-18-12(8-20)11-4-2-3-5-14(11)30-18/h6-7,10H,2-5,9H2,1H3,(H,22,25). The van der Waals surface area contributed by atoms with Gasteiger partial charge < -0.3 is 20.2 Å². The van der Waals surface area contributed by atoms with Crippen molar-refractivity contribution in [1.82, 2.24) is 4.98 Å². The molecule has 2 aromatic rings. The number of nitrogens with zero attached hydrogens (tertiary/aromatic N) is 4. The minimum absolute atomic E-state index is 0.0755. The smallest absolute Gasteiger partial charge is 0.366 e. The van der Waals surface area contributed by atoms with E-state index in [1.54, 1.807) is 0 Å². The number of aromatic nitrogens is 1. The van der Waals surface area contributed by atoms with Crippen molar-refractivity contribution in [3.8, 4) is 11.8 Å². The first-order chi connectivity index (χ1) is 14.4. The Bertz CT molecular complexity index is 1110. The summed E-state index contributed by atoms with van der Waals surface area (Å²) in [4.78, 5) is 41.8. The van der Waals surface area contributed by atoms with Gasteiger partial charge in [0.05, 0.1) is 5.56 Å². The zero-order chi connectivity index (χ0) is 21.4. The fraction of sp³-hybridized carbons (Fsp3) is 0.368. The molecular weight excluding hydrogens is 410 g/mol. The molecule has 0 spiro atoms. The molecule has 2 amide bonds. The minimum atomic E-state index is -0.864. The Morgan fingerprint density at radius 3 is 2.97 bits per heavy atom. The molecule has 3 heterocycles. The largest absolute Gasteiger partial charge is 0.475 e. The third-order valence-electron chi connectivity index (χ3n) is 5.02. The summed E-state index contributed by atoms with van der Waals surface area (Å²) < 4.78 is 5.45. The summed E-state index contributed by atoms with van der Waals surface area (Å²) in [6, 6.07) is 4.70. The van der Waals surface area contributed by atoms with E-state index in [0.717, 1.165) is 41.0 Å². The Kier molecular flexibility index (Phi) is 5.09. The number of hydrogen-bond acceptors (Lipinski definition) is 8. The third kappa shape index (κ3) is 3.46. The molecule has 0 saturated carbocycles. The number of ether oxygens (including phenoxy) is 1. The minimum Gasteiger partial charge on any atom is -0.475 e. The second-order valence-electron chi connectivity index (χ2n) is 7.01. The van der Waals surface area contributed by atoms with Crippen LogP contribution < -0.4 is 15.0 Å². The summed E-state index contributed by atoms with van der Waals surface area (Å²) in [6.07, 6.45) is 2.88. The summed E-state index contributed by atoms with van der Waals surface area (Å²) in [6.45, 7) is 1.12. The number of amides is 2. The second-order valence-corrected chi connectivity index (χ2v) is 8.11. The molecule has 1 atom stereocenters. The average Bonchev–Trinajstić information content (AvgIpc) is 3.07. The molecule has 1 aliphatic heterocycles. The van der Waals surface area contributed by atoms with E-state index in [1.165, 1.54) is 30.4 Å². The Morgan fingerprint density at radius 2 is 2.23 bits per heavy atom. The molecule has 154 valence electrons. The highest BCUT2D eigenvalue weighted by Crippen LogP contribution is 2.38. The molecule has 1 unspecified atom stereocenters. The van der Waals surface area contributed by atoms with Gasteiger partial charge in [0.1, 0.15) is 17.6 Å². The molecular formula is C19H17N5O5S. The van der Waals surface area contributed by atoms with Crippen LogP contribution in [0.15, 0.2) is 12.1 Å². The van der Waals surface area contributed by atoms with Crippen LogP contribution in [-0.4, -0.2) is 34.4 Å². The number of aryl methyl sites for hydroxylation is 1. The zero-order valence-corrected chi connectivity index (χ0v) is 16.8. The highest BCUT2D eigenvalue weighted by Gasteiger charge is 2.38. The van der Waals surface area contributed by atoms with Crippen molar-refractivity contribution in [1.29, 1.82) is 5.26 Å². The fourth-order valence-electron chi connectivity index (χ4n) is 3.61. The average molecular weight is 427 g/mol. The molecule has 2 aromatic heterocycles. The van der Waals surface area contributed by atoms with E-state index in [4.69, 9.17) is 4.74 Å². The van der Waals surface area contributed by atoms with E-state index in [9.17, 15) is 25.0 Å². The quantitative estimate of drug-likeness (QED) is 0.584. The SMILES string of the molecule is CC1Oc2ccc([N+](=O)[O-])nc2N(CC(=O)Nc2sc3c(c2C#N)CCCC3)C1=O. The number of rotatable bonds is 4. The fourth-order valence-corrected chi connectivity index (χ4v) is 4.87. The number of anilines is 2. The van der Waals surface area contributed by atoms with Gasteiger partial charge in [-0.1, -0.05) is 0 Å². The molecule has 0 radical (unpaired) electrons. The lowest BCUT2D eigenvalue weighted by atomic mass is 9.96. The summed E-state index contributed by atoms with van der Waals surface area (Å²) >= 11 is 1.38. The molecule has 0 fully saturated rings. The summed E-state index contributed by atoms with van der Waals surface area (Å²) in [5.74, 6) is -1.40. The van der Waals surface area contributed by atoms with Crippen molar-refractivity contribution < 1.29 is 19.2 Å². The molecule has 1 N–H and O–H groups in total. The maximum atomic E-state index is 12.7. The molecule has 10 nitrogen and oxygen atoms in total. The summed E-state index contributed by atoms with van der Waals surface area (Å²) in [5, 5.41) is 23.8. The van der Waals surface area contributed by atoms with Crippen LogP contribution in [0.4, 0.5) is 16.6 Å². The molecule has 11 heteroatoms. The molecule has 0 bridgehead atoms. The maximum absolute atomic E-state index is 12.7. The highest BCUT2D eigenvalue weighted by atomic mass is 32.1. The number of pyridine rings is 1. The van der Waals surface area contributed by atoms with Gasteiger partial charge in [-0.3, -0.25) is 14.5 Å². The van der Waals surface area contributed by atoms with E-state index >= 15 is 0 Å². The second kappa shape index (κ2) is 7.72. The Hall–Kier alpha value is -3.52. The lowest BCUT2D eigenvalue weighted by molar-refractivity contribution is -0.389. The molecule has 0 saturated heterocycles. The van der Waals surface area contributed by atoms with Crippen LogP contribution >= 0.6 is 11.3 Å². The zero-order valence-electron chi connectivity index (χ0n) is 16.0. The summed E-state index contributed by atoms with van der Waals surface area (Å²) in [5.41, 5.74) is 1.46. The first-order valence-corrected chi connectivity index (χ1v) is 10.2. The lowest BCUT2D eigenvalue weighted by Gasteiger charge is -2.28. The van der Waals surface area contributed by atoms with Gasteiger partial charge >= 0.3 is 5.82 Å². The van der Waals surface area contributed by atoms with Gasteiger partial charge in [-0.2, -0.15) is 5.26 Å². The Labute approximate surface area is 175 Å². The normalized spacial score (nSPS) is 17.4. The lowest BCUT2D eigenvalue weighted by Crippen LogP contribution is -2.48. The Morgan fingerprint density at radius 1 is 1.47 bits per heavy atom. The van der Waals surface area contributed by atoms with Gasteiger partial charge in [0.15, 0.2) is 11.9 Å². The number of carbonyl (C=O) groups is 2. The van der Waals surface area contributed by atoms with Crippen LogP contribution in [-0.2, 0) is 22.4 Å². The van der Waals surface area contributed by atoms with Gasteiger partial charge in [-0.05, 0) is 54.1 Å². The van der Waals surface area contributed by atoms with Gasteiger partial charge in [0, 0.05) is 10.9 Å². The topological polar surface area (TPSA) is 138 Å². The maximum Gasteiger partial charge on any atom is 0.366 e. The van der Waals surface area contributed by atoms with Crippen molar-refractivity contribution >= 4 is 39.8 Å².